The molecule has 0 aliphatic heterocycles. The first kappa shape index (κ1) is 25.8. The normalized spacial score (nSPS) is 11.0. The number of thioether (sulfide) groups is 1. The summed E-state index contributed by atoms with van der Waals surface area (Å²) >= 11 is 20.6. The molecular weight excluding hydrogens is 480 g/mol. The monoisotopic (exact) mass is 501 g/mol. The summed E-state index contributed by atoms with van der Waals surface area (Å²) in [5.41, 5.74) is 3.44. The fourth-order valence-corrected chi connectivity index (χ4v) is 9.24. The van der Waals surface area contributed by atoms with E-state index in [1.165, 1.54) is 17.6 Å². The lowest BCUT2D eigenvalue weighted by Gasteiger charge is -2.19. The van der Waals surface area contributed by atoms with Gasteiger partial charge in [-0.05, 0) is 56.8 Å². The van der Waals surface area contributed by atoms with Crippen molar-refractivity contribution in [2.75, 3.05) is 18.3 Å². The van der Waals surface area contributed by atoms with Crippen LogP contribution < -0.4 is 5.73 Å². The maximum atomic E-state index is 10.3. The first-order valence-corrected chi connectivity index (χ1v) is 14.1. The molecule has 6 nitrogen and oxygen atoms in total. The lowest BCUT2D eigenvalue weighted by atomic mass is 10.4. The highest BCUT2D eigenvalue weighted by Gasteiger charge is 2.19. The second-order valence-corrected chi connectivity index (χ2v) is 13.5. The Bertz CT molecular complexity index is 813. The molecule has 0 radical (unpaired) electrons. The van der Waals surface area contributed by atoms with Gasteiger partial charge in [0.15, 0.2) is 0 Å². The Morgan fingerprint density at radius 1 is 1.29 bits per heavy atom. The molecule has 0 aliphatic rings. The molecule has 0 unspecified atom stereocenters. The Hall–Kier alpha value is -0.250. The van der Waals surface area contributed by atoms with Gasteiger partial charge in [-0.25, -0.2) is 4.79 Å². The fourth-order valence-electron chi connectivity index (χ4n) is 1.71. The summed E-state index contributed by atoms with van der Waals surface area (Å²) in [6.07, 6.45) is 1.53. The zero-order valence-corrected chi connectivity index (χ0v) is 20.5. The van der Waals surface area contributed by atoms with E-state index in [2.05, 4.69) is 5.10 Å². The Balaban J connectivity index is 0.000000362. The molecule has 28 heavy (non-hydrogen) atoms. The highest BCUT2D eigenvalue weighted by Crippen LogP contribution is 2.62. The summed E-state index contributed by atoms with van der Waals surface area (Å²) < 4.78 is 12.2. The highest BCUT2D eigenvalue weighted by atomic mass is 35.5. The number of nitrogens with two attached hydrogens (primary N) is 1. The Morgan fingerprint density at radius 3 is 2.39 bits per heavy atom. The van der Waals surface area contributed by atoms with Crippen LogP contribution in [-0.2, 0) is 20.9 Å². The lowest BCUT2D eigenvalue weighted by Crippen LogP contribution is -2.19. The van der Waals surface area contributed by atoms with Gasteiger partial charge in [0.2, 0.25) is 5.69 Å². The molecule has 2 rings (SSSR count). The quantitative estimate of drug-likeness (QED) is 0.262. The smallest absolute Gasteiger partial charge is 0.339 e. The van der Waals surface area contributed by atoms with Crippen molar-refractivity contribution in [3.63, 3.8) is 0 Å². The summed E-state index contributed by atoms with van der Waals surface area (Å²) in [4.78, 5) is 11.3. The number of hydrogen-bond donors (Lipinski definition) is 1. The van der Waals surface area contributed by atoms with Crippen LogP contribution in [0.4, 0.5) is 4.79 Å². The minimum Gasteiger partial charge on any atom is -0.350 e. The van der Waals surface area contributed by atoms with Gasteiger partial charge in [-0.3, -0.25) is 0 Å². The van der Waals surface area contributed by atoms with Crippen LogP contribution in [0.3, 0.4) is 0 Å². The molecule has 1 amide bonds. The van der Waals surface area contributed by atoms with Crippen molar-refractivity contribution >= 4 is 69.9 Å². The van der Waals surface area contributed by atoms with E-state index >= 15 is 0 Å². The van der Waals surface area contributed by atoms with Crippen LogP contribution in [0.25, 0.3) is 0 Å². The van der Waals surface area contributed by atoms with E-state index in [-0.39, 0.29) is 0 Å². The Labute approximate surface area is 188 Å². The topological polar surface area (TPSA) is 79.4 Å². The van der Waals surface area contributed by atoms with Crippen LogP contribution in [-0.4, -0.2) is 34.1 Å². The molecule has 2 aromatic rings. The third-order valence-corrected chi connectivity index (χ3v) is 10.6. The van der Waals surface area contributed by atoms with Crippen molar-refractivity contribution in [2.45, 2.75) is 25.7 Å². The summed E-state index contributed by atoms with van der Waals surface area (Å²) in [5, 5.41) is 5.83. The van der Waals surface area contributed by atoms with Crippen LogP contribution in [0.5, 0.6) is 0 Å². The lowest BCUT2D eigenvalue weighted by molar-refractivity contribution is 0.247. The van der Waals surface area contributed by atoms with Gasteiger partial charge in [0.25, 0.3) is 0 Å². The fraction of sp³-hybridized carbons (Fsp3) is 0.375. The van der Waals surface area contributed by atoms with Gasteiger partial charge in [-0.1, -0.05) is 34.6 Å². The molecule has 0 saturated carbocycles. The summed E-state index contributed by atoms with van der Waals surface area (Å²) in [6, 6.07) is 6.57. The average Bonchev–Trinajstić information content (AvgIpc) is 3.06. The van der Waals surface area contributed by atoms with E-state index in [1.54, 1.807) is 36.9 Å². The van der Waals surface area contributed by atoms with Crippen molar-refractivity contribution in [2.24, 2.45) is 5.73 Å². The standard InChI is InChI=1S/C11H15Cl2O2PS3.C5H7N3O/c1-3-14-16(17,15-4-2)19-8-18-11-7-9(12)5-6-10(11)13;1-4-2-3-8(7-4)5(6)9/h5-7H,3-4,8H2,1-2H3;2-3H,1H3,(H2,6,9). The van der Waals surface area contributed by atoms with Gasteiger partial charge in [0.05, 0.1) is 29.0 Å². The zero-order valence-electron chi connectivity index (χ0n) is 15.6. The van der Waals surface area contributed by atoms with E-state index in [9.17, 15) is 4.79 Å². The van der Waals surface area contributed by atoms with Crippen LogP contribution in [0.2, 0.25) is 10.0 Å². The van der Waals surface area contributed by atoms with Crippen LogP contribution in [0.1, 0.15) is 19.5 Å². The van der Waals surface area contributed by atoms with Crippen molar-refractivity contribution in [1.82, 2.24) is 9.78 Å². The molecule has 0 aliphatic carbocycles. The number of amides is 1. The number of hydrogen-bond acceptors (Lipinski definition) is 7. The predicted molar refractivity (Wildman–Crippen MR) is 124 cm³/mol. The minimum atomic E-state index is -2.23. The maximum absolute atomic E-state index is 10.3. The molecular formula is C16H22Cl2N3O3PS3. The molecule has 1 aromatic carbocycles. The minimum absolute atomic E-state index is 0.553. The molecule has 1 aromatic heterocycles. The maximum Gasteiger partial charge on any atom is 0.339 e. The molecule has 0 spiro atoms. The van der Waals surface area contributed by atoms with Crippen LogP contribution >= 0.6 is 52.0 Å². The van der Waals surface area contributed by atoms with Gasteiger partial charge in [0.1, 0.15) is 0 Å². The summed E-state index contributed by atoms with van der Waals surface area (Å²) in [5.74, 6) is 0. The summed E-state index contributed by atoms with van der Waals surface area (Å²) in [7, 11) is 0. The van der Waals surface area contributed by atoms with E-state index in [0.29, 0.717) is 23.3 Å². The van der Waals surface area contributed by atoms with Crippen molar-refractivity contribution in [1.29, 1.82) is 0 Å². The Morgan fingerprint density at radius 2 is 1.93 bits per heavy atom. The Kier molecular flexibility index (Phi) is 12.1. The molecule has 1 heterocycles. The van der Waals surface area contributed by atoms with Gasteiger partial charge in [-0.2, -0.15) is 9.78 Å². The van der Waals surface area contributed by atoms with Crippen LogP contribution in [0, 0.1) is 6.92 Å². The first-order chi connectivity index (χ1) is 13.2. The second kappa shape index (κ2) is 13.1. The molecule has 0 bridgehead atoms. The first-order valence-electron chi connectivity index (χ1n) is 8.14. The molecule has 0 saturated heterocycles. The van der Waals surface area contributed by atoms with Crippen molar-refractivity contribution < 1.29 is 13.8 Å². The second-order valence-electron chi connectivity index (χ2n) is 4.99. The van der Waals surface area contributed by atoms with Gasteiger partial charge in [-0.15, -0.1) is 11.8 Å². The number of rotatable bonds is 8. The average molecular weight is 502 g/mol. The van der Waals surface area contributed by atoms with E-state index in [4.69, 9.17) is 49.8 Å². The number of primary amides is 1. The number of halogens is 2. The molecule has 0 fully saturated rings. The number of nitrogens with zero attached hydrogens (tertiary/aromatic N) is 2. The van der Waals surface area contributed by atoms with Gasteiger partial charge in [0, 0.05) is 16.1 Å². The van der Waals surface area contributed by atoms with Crippen molar-refractivity contribution in [3.8, 4) is 0 Å². The molecule has 12 heteroatoms. The number of aryl methyl sites for hydroxylation is 1. The van der Waals surface area contributed by atoms with E-state index < -0.39 is 11.7 Å². The number of carbonyl (C=O) groups excluding carboxylic acids is 1. The molecule has 0 atom stereocenters. The van der Waals surface area contributed by atoms with E-state index in [0.717, 1.165) is 20.4 Å². The number of benzene rings is 1. The summed E-state index contributed by atoms with van der Waals surface area (Å²) in [6.45, 7) is 6.75. The predicted octanol–water partition coefficient (Wildman–Crippen LogP) is 6.19. The third kappa shape index (κ3) is 9.50. The SMILES string of the molecule is CCOP(=S)(OCC)SCSc1cc(Cl)ccc1Cl.Cc1ccn(C(N)=O)n1. The van der Waals surface area contributed by atoms with Crippen molar-refractivity contribution in [3.05, 3.63) is 46.2 Å². The highest BCUT2D eigenvalue weighted by molar-refractivity contribution is 8.69. The van der Waals surface area contributed by atoms with E-state index in [1.807, 2.05) is 19.9 Å². The zero-order chi connectivity index (χ0) is 21.2. The molecule has 2 N–H and O–H groups in total. The van der Waals surface area contributed by atoms with Gasteiger partial charge >= 0.3 is 6.03 Å². The molecule has 156 valence electrons. The van der Waals surface area contributed by atoms with Gasteiger partial charge < -0.3 is 14.8 Å². The number of carbonyl (C=O) groups is 1. The van der Waals surface area contributed by atoms with Crippen LogP contribution in [0.15, 0.2) is 35.4 Å². The largest absolute Gasteiger partial charge is 0.350 e. The number of aromatic nitrogens is 2. The third-order valence-electron chi connectivity index (χ3n) is 2.84.